The first-order valence-corrected chi connectivity index (χ1v) is 10.9. The van der Waals surface area contributed by atoms with E-state index < -0.39 is 18.1 Å². The lowest BCUT2D eigenvalue weighted by atomic mass is 10.2. The largest absolute Gasteiger partial charge is 0.270 e. The van der Waals surface area contributed by atoms with Crippen LogP contribution in [0.4, 0.5) is 0 Å². The molecule has 0 aliphatic carbocycles. The molecule has 0 aliphatic rings. The number of halogens is 3. The molecule has 2 aromatic rings. The van der Waals surface area contributed by atoms with Crippen LogP contribution in [0.5, 0.6) is 0 Å². The minimum absolute atomic E-state index is 0. The Bertz CT molecular complexity index is 783. The van der Waals surface area contributed by atoms with Crippen LogP contribution in [0.3, 0.4) is 0 Å². The minimum Gasteiger partial charge on any atom is -0.208 e. The van der Waals surface area contributed by atoms with E-state index in [1.54, 1.807) is 23.6 Å². The van der Waals surface area contributed by atoms with Crippen LogP contribution in [0.15, 0.2) is 57.5 Å². The van der Waals surface area contributed by atoms with Gasteiger partial charge in [0.1, 0.15) is 4.21 Å². The number of rotatable bonds is 3. The smallest absolute Gasteiger partial charge is 0.208 e. The molecule has 0 N–H and O–H groups in total. The summed E-state index contributed by atoms with van der Waals surface area (Å²) in [6.07, 6.45) is 1.45. The van der Waals surface area contributed by atoms with Gasteiger partial charge in [-0.3, -0.25) is 0 Å². The second-order valence-electron chi connectivity index (χ2n) is 3.56. The molecular formula is C12H11Cl3O4S3. The number of benzene rings is 1. The highest BCUT2D eigenvalue weighted by Crippen LogP contribution is 2.19. The molecule has 0 saturated carbocycles. The summed E-state index contributed by atoms with van der Waals surface area (Å²) >= 11 is 1.11. The first-order chi connectivity index (χ1) is 9.68. The van der Waals surface area contributed by atoms with E-state index >= 15 is 0 Å². The maximum absolute atomic E-state index is 10.5. The van der Waals surface area contributed by atoms with Gasteiger partial charge in [-0.05, 0) is 23.1 Å². The van der Waals surface area contributed by atoms with Crippen molar-refractivity contribution in [1.82, 2.24) is 0 Å². The number of hydrogen-bond donors (Lipinski definition) is 0. The highest BCUT2D eigenvalue weighted by atomic mass is 35.7. The summed E-state index contributed by atoms with van der Waals surface area (Å²) in [6, 6.07) is 12.2. The van der Waals surface area contributed by atoms with E-state index in [-0.39, 0.29) is 16.6 Å². The van der Waals surface area contributed by atoms with Gasteiger partial charge in [0.25, 0.3) is 18.1 Å². The average Bonchev–Trinajstić information content (AvgIpc) is 2.91. The lowest BCUT2D eigenvalue weighted by Gasteiger charge is -1.88. The average molecular weight is 422 g/mol. The first-order valence-electron chi connectivity index (χ1n) is 5.34. The molecular weight excluding hydrogens is 411 g/mol. The molecule has 0 unspecified atom stereocenters. The second kappa shape index (κ2) is 9.54. The molecule has 4 nitrogen and oxygen atoms in total. The van der Waals surface area contributed by atoms with Crippen molar-refractivity contribution < 1.29 is 16.8 Å². The van der Waals surface area contributed by atoms with Crippen LogP contribution < -0.4 is 0 Å². The van der Waals surface area contributed by atoms with Crippen LogP contribution in [0.2, 0.25) is 0 Å². The Morgan fingerprint density at radius 2 is 1.50 bits per heavy atom. The molecule has 0 bridgehead atoms. The summed E-state index contributed by atoms with van der Waals surface area (Å²) in [5.74, 6) is 0. The quantitative estimate of drug-likeness (QED) is 0.692. The van der Waals surface area contributed by atoms with Crippen molar-refractivity contribution in [2.24, 2.45) is 0 Å². The molecule has 1 heterocycles. The minimum atomic E-state index is -3.53. The standard InChI is InChI=1S/C8H7ClO2S.C4H3ClO2S2.ClH/c9-12(10,11)7-6-8-4-2-1-3-5-8;5-9(6,7)4-2-1-3-8-4;/h1-7H;1-3H;1H. The molecule has 0 atom stereocenters. The van der Waals surface area contributed by atoms with Crippen LogP contribution in [0.25, 0.3) is 6.08 Å². The molecule has 0 radical (unpaired) electrons. The Hall–Kier alpha value is -0.570. The van der Waals surface area contributed by atoms with Crippen LogP contribution in [-0.4, -0.2) is 16.8 Å². The van der Waals surface area contributed by atoms with Gasteiger partial charge in [-0.1, -0.05) is 36.4 Å². The van der Waals surface area contributed by atoms with Crippen molar-refractivity contribution >= 4 is 69.3 Å². The summed E-state index contributed by atoms with van der Waals surface area (Å²) in [7, 11) is 2.95. The van der Waals surface area contributed by atoms with E-state index in [1.165, 1.54) is 12.1 Å². The third-order valence-electron chi connectivity index (χ3n) is 1.96. The van der Waals surface area contributed by atoms with Crippen molar-refractivity contribution in [3.63, 3.8) is 0 Å². The van der Waals surface area contributed by atoms with Gasteiger partial charge < -0.3 is 0 Å². The zero-order chi connectivity index (χ0) is 15.9. The lowest BCUT2D eigenvalue weighted by Crippen LogP contribution is -1.82. The number of hydrogen-bond acceptors (Lipinski definition) is 5. The van der Waals surface area contributed by atoms with Crippen LogP contribution >= 0.6 is 45.1 Å². The number of thiophene rings is 1. The van der Waals surface area contributed by atoms with E-state index in [9.17, 15) is 16.8 Å². The molecule has 122 valence electrons. The summed E-state index contributed by atoms with van der Waals surface area (Å²) in [4.78, 5) is 0. The maximum Gasteiger partial charge on any atom is 0.270 e. The summed E-state index contributed by atoms with van der Waals surface area (Å²) in [6.45, 7) is 0. The van der Waals surface area contributed by atoms with Crippen LogP contribution in [0.1, 0.15) is 5.56 Å². The Balaban J connectivity index is 0.000000397. The van der Waals surface area contributed by atoms with Crippen molar-refractivity contribution in [1.29, 1.82) is 0 Å². The van der Waals surface area contributed by atoms with Gasteiger partial charge in [0, 0.05) is 26.8 Å². The van der Waals surface area contributed by atoms with E-state index in [0.717, 1.165) is 22.3 Å². The highest BCUT2D eigenvalue weighted by Gasteiger charge is 2.08. The van der Waals surface area contributed by atoms with Crippen molar-refractivity contribution in [3.05, 3.63) is 58.8 Å². The Kier molecular flexibility index (Phi) is 9.30. The molecule has 0 spiro atoms. The highest BCUT2D eigenvalue weighted by molar-refractivity contribution is 8.16. The fourth-order valence-corrected chi connectivity index (χ4v) is 3.40. The third-order valence-corrected chi connectivity index (χ3v) is 5.73. The Morgan fingerprint density at radius 1 is 0.909 bits per heavy atom. The molecule has 1 aromatic carbocycles. The Labute approximate surface area is 148 Å². The predicted octanol–water partition coefficient (Wildman–Crippen LogP) is 4.32. The summed E-state index contributed by atoms with van der Waals surface area (Å²) in [5.41, 5.74) is 0.807. The first kappa shape index (κ1) is 21.4. The molecule has 22 heavy (non-hydrogen) atoms. The molecule has 0 saturated heterocycles. The zero-order valence-electron chi connectivity index (χ0n) is 10.8. The SMILES string of the molecule is Cl.O=S(=O)(Cl)C=Cc1ccccc1.O=S(=O)(Cl)c1cccs1. The third kappa shape index (κ3) is 9.45. The van der Waals surface area contributed by atoms with Crippen molar-refractivity contribution in [2.45, 2.75) is 4.21 Å². The van der Waals surface area contributed by atoms with E-state index in [0.29, 0.717) is 0 Å². The molecule has 10 heteroatoms. The molecule has 2 rings (SSSR count). The van der Waals surface area contributed by atoms with Crippen LogP contribution in [0, 0.1) is 0 Å². The van der Waals surface area contributed by atoms with Gasteiger partial charge in [-0.15, -0.1) is 23.7 Å². The molecule has 0 fully saturated rings. The Morgan fingerprint density at radius 3 is 1.86 bits per heavy atom. The van der Waals surface area contributed by atoms with E-state index in [1.807, 2.05) is 18.2 Å². The van der Waals surface area contributed by atoms with Gasteiger partial charge in [0.2, 0.25) is 0 Å². The van der Waals surface area contributed by atoms with Crippen LogP contribution in [-0.2, 0) is 18.1 Å². The summed E-state index contributed by atoms with van der Waals surface area (Å²) in [5, 5.41) is 2.62. The molecule has 0 aliphatic heterocycles. The van der Waals surface area contributed by atoms with Gasteiger partial charge in [-0.25, -0.2) is 16.8 Å². The van der Waals surface area contributed by atoms with Gasteiger partial charge in [0.15, 0.2) is 0 Å². The lowest BCUT2D eigenvalue weighted by molar-refractivity contribution is 0.611. The normalized spacial score (nSPS) is 11.4. The zero-order valence-corrected chi connectivity index (χ0v) is 15.6. The molecule has 1 aromatic heterocycles. The maximum atomic E-state index is 10.5. The van der Waals surface area contributed by atoms with Gasteiger partial charge in [-0.2, -0.15) is 0 Å². The van der Waals surface area contributed by atoms with E-state index in [4.69, 9.17) is 21.4 Å². The van der Waals surface area contributed by atoms with Gasteiger partial charge in [0.05, 0.1) is 0 Å². The van der Waals surface area contributed by atoms with E-state index in [2.05, 4.69) is 0 Å². The van der Waals surface area contributed by atoms with Crippen molar-refractivity contribution in [3.8, 4) is 0 Å². The molecule has 0 amide bonds. The predicted molar refractivity (Wildman–Crippen MR) is 94.9 cm³/mol. The van der Waals surface area contributed by atoms with Crippen molar-refractivity contribution in [2.75, 3.05) is 0 Å². The second-order valence-corrected chi connectivity index (χ2v) is 9.81. The fraction of sp³-hybridized carbons (Fsp3) is 0. The summed E-state index contributed by atoms with van der Waals surface area (Å²) < 4.78 is 42.1. The van der Waals surface area contributed by atoms with Gasteiger partial charge >= 0.3 is 0 Å². The topological polar surface area (TPSA) is 68.3 Å². The fourth-order valence-electron chi connectivity index (χ4n) is 1.13. The monoisotopic (exact) mass is 420 g/mol.